The fourth-order valence-corrected chi connectivity index (χ4v) is 4.57. The van der Waals surface area contributed by atoms with Crippen LogP contribution in [-0.4, -0.2) is 15.6 Å². The third-order valence-electron chi connectivity index (χ3n) is 5.66. The van der Waals surface area contributed by atoms with Crippen LogP contribution in [0.5, 0.6) is 0 Å². The number of imidazole rings is 1. The summed E-state index contributed by atoms with van der Waals surface area (Å²) >= 11 is 0. The number of hydrogen-bond donors (Lipinski definition) is 1. The highest BCUT2D eigenvalue weighted by molar-refractivity contribution is 5.12. The van der Waals surface area contributed by atoms with Crippen LogP contribution in [0.1, 0.15) is 45.9 Å². The number of nitrogens with zero attached hydrogens (tertiary/aromatic N) is 2. The summed E-state index contributed by atoms with van der Waals surface area (Å²) < 4.78 is 2.11. The molecule has 0 radical (unpaired) electrons. The van der Waals surface area contributed by atoms with Gasteiger partial charge in [0.15, 0.2) is 0 Å². The van der Waals surface area contributed by atoms with Crippen LogP contribution in [0.2, 0.25) is 0 Å². The van der Waals surface area contributed by atoms with Gasteiger partial charge in [0.25, 0.3) is 0 Å². The van der Waals surface area contributed by atoms with Gasteiger partial charge in [-0.15, -0.1) is 0 Å². The molecule has 2 bridgehead atoms. The van der Waals surface area contributed by atoms with Crippen LogP contribution >= 0.6 is 0 Å². The zero-order chi connectivity index (χ0) is 13.0. The summed E-state index contributed by atoms with van der Waals surface area (Å²) in [7, 11) is 2.07. The van der Waals surface area contributed by atoms with Crippen LogP contribution in [0.15, 0.2) is 12.4 Å². The summed E-state index contributed by atoms with van der Waals surface area (Å²) in [6, 6.07) is 0.625. The minimum Gasteiger partial charge on any atom is -0.337 e. The van der Waals surface area contributed by atoms with Crippen LogP contribution in [0.3, 0.4) is 0 Å². The molecule has 2 aliphatic rings. The van der Waals surface area contributed by atoms with Crippen molar-refractivity contribution in [3.8, 4) is 0 Å². The highest BCUT2D eigenvalue weighted by Gasteiger charge is 2.58. The molecule has 2 aliphatic carbocycles. The lowest BCUT2D eigenvalue weighted by Gasteiger charge is -2.43. The monoisotopic (exact) mass is 247 g/mol. The van der Waals surface area contributed by atoms with Crippen molar-refractivity contribution in [2.24, 2.45) is 23.8 Å². The summed E-state index contributed by atoms with van der Waals surface area (Å²) in [4.78, 5) is 4.41. The number of nitrogens with one attached hydrogen (secondary N) is 1. The SMILES string of the molecule is Cn1ccnc1CNC1C2(C)CCC(C2)C1(C)C. The minimum absolute atomic E-state index is 0.429. The van der Waals surface area contributed by atoms with E-state index in [0.29, 0.717) is 16.9 Å². The number of fused-ring (bicyclic) bond motifs is 2. The predicted octanol–water partition coefficient (Wildman–Crippen LogP) is 2.72. The van der Waals surface area contributed by atoms with E-state index in [0.717, 1.165) is 18.3 Å². The van der Waals surface area contributed by atoms with Gasteiger partial charge in [0, 0.05) is 25.5 Å². The average Bonchev–Trinajstić information content (AvgIpc) is 2.90. The molecule has 3 rings (SSSR count). The number of aryl methyl sites for hydroxylation is 1. The van der Waals surface area contributed by atoms with E-state index in [9.17, 15) is 0 Å². The van der Waals surface area contributed by atoms with Crippen molar-refractivity contribution in [3.05, 3.63) is 18.2 Å². The topological polar surface area (TPSA) is 29.9 Å². The summed E-state index contributed by atoms with van der Waals surface area (Å²) in [5.74, 6) is 2.04. The largest absolute Gasteiger partial charge is 0.337 e. The van der Waals surface area contributed by atoms with Gasteiger partial charge in [0.1, 0.15) is 5.82 Å². The van der Waals surface area contributed by atoms with Gasteiger partial charge in [-0.25, -0.2) is 4.98 Å². The fourth-order valence-electron chi connectivity index (χ4n) is 4.57. The van der Waals surface area contributed by atoms with E-state index in [-0.39, 0.29) is 0 Å². The van der Waals surface area contributed by atoms with Crippen LogP contribution in [0.25, 0.3) is 0 Å². The first kappa shape index (κ1) is 12.2. The fraction of sp³-hybridized carbons (Fsp3) is 0.800. The highest BCUT2D eigenvalue weighted by Crippen LogP contribution is 2.62. The molecule has 1 aromatic heterocycles. The van der Waals surface area contributed by atoms with Gasteiger partial charge in [0.05, 0.1) is 6.54 Å². The predicted molar refractivity (Wildman–Crippen MR) is 73.1 cm³/mol. The summed E-state index contributed by atoms with van der Waals surface area (Å²) in [5, 5.41) is 3.80. The van der Waals surface area contributed by atoms with E-state index < -0.39 is 0 Å². The molecule has 3 unspecified atom stereocenters. The van der Waals surface area contributed by atoms with Crippen molar-refractivity contribution in [2.75, 3.05) is 0 Å². The molecule has 0 spiro atoms. The maximum atomic E-state index is 4.41. The lowest BCUT2D eigenvalue weighted by molar-refractivity contribution is 0.107. The standard InChI is InChI=1S/C15H25N3/c1-14(2)11-5-6-15(3,9-11)13(14)17-10-12-16-7-8-18(12)4/h7-8,11,13,17H,5-6,9-10H2,1-4H3. The average molecular weight is 247 g/mol. The maximum Gasteiger partial charge on any atom is 0.122 e. The van der Waals surface area contributed by atoms with Crippen LogP contribution in [-0.2, 0) is 13.6 Å². The first-order valence-corrected chi connectivity index (χ1v) is 7.13. The van der Waals surface area contributed by atoms with Gasteiger partial charge in [-0.2, -0.15) is 0 Å². The molecule has 100 valence electrons. The Labute approximate surface area is 110 Å². The maximum absolute atomic E-state index is 4.41. The first-order chi connectivity index (χ1) is 8.43. The third kappa shape index (κ3) is 1.63. The molecule has 3 atom stereocenters. The number of aromatic nitrogens is 2. The van der Waals surface area contributed by atoms with Crippen molar-refractivity contribution in [2.45, 2.75) is 52.6 Å². The summed E-state index contributed by atoms with van der Waals surface area (Å²) in [6.45, 7) is 8.24. The van der Waals surface area contributed by atoms with E-state index in [1.807, 2.05) is 12.4 Å². The molecule has 1 heterocycles. The van der Waals surface area contributed by atoms with Gasteiger partial charge in [0.2, 0.25) is 0 Å². The Morgan fingerprint density at radius 3 is 2.78 bits per heavy atom. The molecule has 1 N–H and O–H groups in total. The normalized spacial score (nSPS) is 37.3. The Hall–Kier alpha value is -0.830. The smallest absolute Gasteiger partial charge is 0.122 e. The molecular weight excluding hydrogens is 222 g/mol. The van der Waals surface area contributed by atoms with Gasteiger partial charge < -0.3 is 9.88 Å². The molecule has 2 fully saturated rings. The van der Waals surface area contributed by atoms with Crippen molar-refractivity contribution >= 4 is 0 Å². The van der Waals surface area contributed by atoms with Gasteiger partial charge >= 0.3 is 0 Å². The Kier molecular flexibility index (Phi) is 2.60. The number of rotatable bonds is 3. The van der Waals surface area contributed by atoms with E-state index in [2.05, 4.69) is 42.7 Å². The molecular formula is C15H25N3. The number of hydrogen-bond acceptors (Lipinski definition) is 2. The van der Waals surface area contributed by atoms with E-state index in [1.54, 1.807) is 0 Å². The van der Waals surface area contributed by atoms with Gasteiger partial charge in [-0.1, -0.05) is 20.8 Å². The second-order valence-corrected chi connectivity index (χ2v) is 7.18. The molecule has 3 heteroatoms. The Morgan fingerprint density at radius 2 is 2.22 bits per heavy atom. The van der Waals surface area contributed by atoms with Crippen molar-refractivity contribution in [1.82, 2.24) is 14.9 Å². The Balaban J connectivity index is 1.74. The van der Waals surface area contributed by atoms with Crippen LogP contribution in [0.4, 0.5) is 0 Å². The second-order valence-electron chi connectivity index (χ2n) is 7.18. The molecule has 3 nitrogen and oxygen atoms in total. The van der Waals surface area contributed by atoms with Crippen molar-refractivity contribution in [1.29, 1.82) is 0 Å². The van der Waals surface area contributed by atoms with Crippen LogP contribution < -0.4 is 5.32 Å². The molecule has 18 heavy (non-hydrogen) atoms. The summed E-state index contributed by atoms with van der Waals surface area (Å²) in [5.41, 5.74) is 0.928. The molecule has 0 aromatic carbocycles. The lowest BCUT2D eigenvalue weighted by Crippen LogP contribution is -2.50. The minimum atomic E-state index is 0.429. The van der Waals surface area contributed by atoms with Crippen LogP contribution in [0, 0.1) is 16.7 Å². The highest BCUT2D eigenvalue weighted by atomic mass is 15.1. The molecule has 2 saturated carbocycles. The third-order valence-corrected chi connectivity index (χ3v) is 5.66. The zero-order valence-electron chi connectivity index (χ0n) is 12.0. The quantitative estimate of drug-likeness (QED) is 0.890. The van der Waals surface area contributed by atoms with E-state index in [1.165, 1.54) is 19.3 Å². The Bertz CT molecular complexity index is 444. The van der Waals surface area contributed by atoms with E-state index in [4.69, 9.17) is 0 Å². The lowest BCUT2D eigenvalue weighted by atomic mass is 9.68. The molecule has 0 amide bonds. The molecule has 0 aliphatic heterocycles. The van der Waals surface area contributed by atoms with Crippen molar-refractivity contribution < 1.29 is 0 Å². The van der Waals surface area contributed by atoms with Crippen molar-refractivity contribution in [3.63, 3.8) is 0 Å². The molecule has 1 aromatic rings. The van der Waals surface area contributed by atoms with Gasteiger partial charge in [-0.3, -0.25) is 0 Å². The second kappa shape index (κ2) is 3.83. The molecule has 0 saturated heterocycles. The van der Waals surface area contributed by atoms with E-state index >= 15 is 0 Å². The summed E-state index contributed by atoms with van der Waals surface area (Å²) in [6.07, 6.45) is 8.11. The Morgan fingerprint density at radius 1 is 1.44 bits per heavy atom. The first-order valence-electron chi connectivity index (χ1n) is 7.13. The zero-order valence-corrected chi connectivity index (χ0v) is 12.0. The van der Waals surface area contributed by atoms with Gasteiger partial charge in [-0.05, 0) is 36.0 Å².